The summed E-state index contributed by atoms with van der Waals surface area (Å²) < 4.78 is 70.1. The highest BCUT2D eigenvalue weighted by atomic mass is 35.5. The molecule has 0 spiro atoms. The van der Waals surface area contributed by atoms with E-state index in [1.807, 2.05) is 13.8 Å². The lowest BCUT2D eigenvalue weighted by molar-refractivity contribution is -0.140. The van der Waals surface area contributed by atoms with E-state index >= 15 is 0 Å². The summed E-state index contributed by atoms with van der Waals surface area (Å²) in [6.07, 6.45) is -3.71. The molecule has 4 aromatic rings. The summed E-state index contributed by atoms with van der Waals surface area (Å²) in [4.78, 5) is 10.9. The maximum atomic E-state index is 14.1. The van der Waals surface area contributed by atoms with Crippen molar-refractivity contribution >= 4 is 23.7 Å². The molecular formula is C23H22ClF5N4O2. The third-order valence-corrected chi connectivity index (χ3v) is 4.31. The number of aromatic nitrogens is 3. The Morgan fingerprint density at radius 1 is 1.06 bits per heavy atom. The quantitative estimate of drug-likeness (QED) is 0.216. The van der Waals surface area contributed by atoms with Crippen molar-refractivity contribution < 1.29 is 31.3 Å². The molecule has 0 aliphatic rings. The van der Waals surface area contributed by atoms with E-state index in [0.29, 0.717) is 0 Å². The van der Waals surface area contributed by atoms with Crippen LogP contribution < -0.4 is 5.32 Å². The molecule has 2 N–H and O–H groups in total. The van der Waals surface area contributed by atoms with Crippen LogP contribution in [0.25, 0.3) is 22.6 Å². The van der Waals surface area contributed by atoms with Crippen molar-refractivity contribution in [3.05, 3.63) is 77.1 Å². The van der Waals surface area contributed by atoms with E-state index in [9.17, 15) is 26.7 Å². The van der Waals surface area contributed by atoms with Crippen molar-refractivity contribution in [3.63, 3.8) is 0 Å². The molecular weight excluding hydrogens is 495 g/mol. The molecule has 188 valence electrons. The minimum atomic E-state index is -4.76. The molecule has 2 aromatic carbocycles. The van der Waals surface area contributed by atoms with Crippen LogP contribution >= 0.6 is 11.6 Å². The summed E-state index contributed by atoms with van der Waals surface area (Å²) >= 11 is 5.94. The molecule has 0 fully saturated rings. The van der Waals surface area contributed by atoms with Crippen LogP contribution in [0.2, 0.25) is 5.02 Å². The number of carbonyl (C=O) groups excluding carboxylic acids is 1. The van der Waals surface area contributed by atoms with Gasteiger partial charge in [0.25, 0.3) is 0 Å². The van der Waals surface area contributed by atoms with Gasteiger partial charge in [-0.2, -0.15) is 18.3 Å². The molecule has 0 atom stereocenters. The molecule has 4 rings (SSSR count). The molecule has 2 heterocycles. The molecule has 0 saturated carbocycles. The number of rotatable bonds is 4. The molecule has 0 radical (unpaired) electrons. The van der Waals surface area contributed by atoms with E-state index in [4.69, 9.17) is 16.1 Å². The minimum absolute atomic E-state index is 0. The molecule has 6 nitrogen and oxygen atoms in total. The van der Waals surface area contributed by atoms with E-state index in [1.165, 1.54) is 24.3 Å². The van der Waals surface area contributed by atoms with Crippen LogP contribution in [0.4, 0.5) is 27.6 Å². The minimum Gasteiger partial charge on any atom is -0.353 e. The second-order valence-electron chi connectivity index (χ2n) is 6.05. The van der Waals surface area contributed by atoms with Gasteiger partial charge >= 0.3 is 6.18 Å². The van der Waals surface area contributed by atoms with Crippen LogP contribution in [0, 0.1) is 11.6 Å². The Hall–Kier alpha value is -3.73. The largest absolute Gasteiger partial charge is 0.433 e. The van der Waals surface area contributed by atoms with Gasteiger partial charge < -0.3 is 9.84 Å². The van der Waals surface area contributed by atoms with Crippen molar-refractivity contribution in [2.24, 2.45) is 0 Å². The maximum absolute atomic E-state index is 14.1. The fourth-order valence-corrected chi connectivity index (χ4v) is 2.90. The van der Waals surface area contributed by atoms with Gasteiger partial charge in [0.15, 0.2) is 11.5 Å². The van der Waals surface area contributed by atoms with Crippen molar-refractivity contribution in [1.29, 1.82) is 0 Å². The van der Waals surface area contributed by atoms with Crippen molar-refractivity contribution in [2.45, 2.75) is 27.5 Å². The predicted octanol–water partition coefficient (Wildman–Crippen LogP) is 7.60. The lowest BCUT2D eigenvalue weighted by Gasteiger charge is -2.07. The number of nitrogens with zero attached hydrogens (tertiary/aromatic N) is 2. The third-order valence-electron chi connectivity index (χ3n) is 4.00. The van der Waals surface area contributed by atoms with Gasteiger partial charge in [-0.05, 0) is 24.3 Å². The maximum Gasteiger partial charge on any atom is 0.433 e. The fourth-order valence-electron chi connectivity index (χ4n) is 2.65. The molecule has 12 heteroatoms. The molecule has 0 aliphatic carbocycles. The molecule has 0 saturated heterocycles. The van der Waals surface area contributed by atoms with Gasteiger partial charge in [-0.25, -0.2) is 8.78 Å². The van der Waals surface area contributed by atoms with Gasteiger partial charge in [-0.15, -0.1) is 0 Å². The van der Waals surface area contributed by atoms with Crippen LogP contribution in [0.15, 0.2) is 59.3 Å². The number of alkyl halides is 3. The normalized spacial score (nSPS) is 10.2. The first-order valence-electron chi connectivity index (χ1n) is 9.69. The molecule has 0 aliphatic heterocycles. The number of hydrogen-bond acceptors (Lipinski definition) is 4. The van der Waals surface area contributed by atoms with Gasteiger partial charge in [0, 0.05) is 0 Å². The van der Waals surface area contributed by atoms with E-state index in [-0.39, 0.29) is 41.6 Å². The van der Waals surface area contributed by atoms with Crippen LogP contribution in [0.5, 0.6) is 0 Å². The van der Waals surface area contributed by atoms with Crippen LogP contribution in [-0.2, 0) is 11.0 Å². The van der Waals surface area contributed by atoms with Gasteiger partial charge in [-0.1, -0.05) is 62.3 Å². The van der Waals surface area contributed by atoms with Crippen molar-refractivity contribution in [2.75, 3.05) is 5.32 Å². The first-order valence-corrected chi connectivity index (χ1v) is 10.1. The predicted molar refractivity (Wildman–Crippen MR) is 124 cm³/mol. The smallest absolute Gasteiger partial charge is 0.353 e. The Balaban J connectivity index is 0.000000522. The Bertz CT molecular complexity index is 1190. The first-order chi connectivity index (χ1) is 16.2. The number of amides is 1. The number of hydrogen-bond donors (Lipinski definition) is 2. The number of aromatic amines is 1. The van der Waals surface area contributed by atoms with Gasteiger partial charge in [0.1, 0.15) is 23.0 Å². The average Bonchev–Trinajstić information content (AvgIpc) is 3.44. The summed E-state index contributed by atoms with van der Waals surface area (Å²) in [5.74, 6) is -1.41. The monoisotopic (exact) mass is 516 g/mol. The van der Waals surface area contributed by atoms with Crippen molar-refractivity contribution in [3.8, 4) is 22.6 Å². The zero-order chi connectivity index (χ0) is 25.3. The van der Waals surface area contributed by atoms with E-state index in [0.717, 1.165) is 12.3 Å². The van der Waals surface area contributed by atoms with Crippen LogP contribution in [0.3, 0.4) is 0 Å². The Morgan fingerprint density at radius 2 is 1.71 bits per heavy atom. The topological polar surface area (TPSA) is 83.8 Å². The fraction of sp³-hybridized carbons (Fsp3) is 0.174. The first kappa shape index (κ1) is 29.3. The molecule has 35 heavy (non-hydrogen) atoms. The summed E-state index contributed by atoms with van der Waals surface area (Å²) in [7, 11) is 0. The number of benzene rings is 2. The summed E-state index contributed by atoms with van der Waals surface area (Å²) in [5, 5.41) is 10.8. The van der Waals surface area contributed by atoms with Gasteiger partial charge in [0.05, 0.1) is 22.3 Å². The van der Waals surface area contributed by atoms with Crippen LogP contribution in [0.1, 0.15) is 27.0 Å². The van der Waals surface area contributed by atoms with E-state index < -0.39 is 29.0 Å². The summed E-state index contributed by atoms with van der Waals surface area (Å²) in [6, 6.07) is 11.7. The standard InChI is InChI=1S/C14H7ClF4N4O2.C6H5F.C2H6.CH4/c15-7-2-1-3-8(16)9(7)10-11(20-5-24)12(25-23-10)6-4-21-22-13(6)14(17,18)19;7-6-4-2-1-3-5-6;1-2;/h1-5H,(H,20,24)(H,21,22);1-5H;1-2H3;1H4. The Morgan fingerprint density at radius 3 is 2.23 bits per heavy atom. The lowest BCUT2D eigenvalue weighted by Crippen LogP contribution is -2.07. The highest BCUT2D eigenvalue weighted by molar-refractivity contribution is 6.33. The Labute approximate surface area is 203 Å². The summed E-state index contributed by atoms with van der Waals surface area (Å²) in [6.45, 7) is 4.00. The molecule has 1 amide bonds. The van der Waals surface area contributed by atoms with Crippen LogP contribution in [-0.4, -0.2) is 21.8 Å². The number of halogens is 6. The second-order valence-corrected chi connectivity index (χ2v) is 6.45. The third kappa shape index (κ3) is 7.12. The lowest BCUT2D eigenvalue weighted by atomic mass is 10.1. The average molecular weight is 517 g/mol. The number of H-pyrrole nitrogens is 1. The van der Waals surface area contributed by atoms with Gasteiger partial charge in [-0.3, -0.25) is 9.89 Å². The van der Waals surface area contributed by atoms with Crippen molar-refractivity contribution in [1.82, 2.24) is 15.4 Å². The van der Waals surface area contributed by atoms with E-state index in [2.05, 4.69) is 15.6 Å². The van der Waals surface area contributed by atoms with E-state index in [1.54, 1.807) is 23.3 Å². The zero-order valence-corrected chi connectivity index (χ0v) is 18.5. The van der Waals surface area contributed by atoms with Gasteiger partial charge in [0.2, 0.25) is 6.41 Å². The molecule has 0 unspecified atom stereocenters. The highest BCUT2D eigenvalue weighted by Gasteiger charge is 2.38. The number of nitrogens with one attached hydrogen (secondary N) is 2. The summed E-state index contributed by atoms with van der Waals surface area (Å²) in [5.41, 5.74) is -2.44. The zero-order valence-electron chi connectivity index (χ0n) is 17.8. The second kappa shape index (κ2) is 13.2. The molecule has 2 aromatic heterocycles. The molecule has 0 bridgehead atoms. The SMILES string of the molecule is C.CC.Fc1ccccc1.O=CNc1c(-c2c(F)cccc2Cl)noc1-c1cn[nH]c1C(F)(F)F. The number of anilines is 1. The Kier molecular flexibility index (Phi) is 11.1. The number of carbonyl (C=O) groups is 1. The highest BCUT2D eigenvalue weighted by Crippen LogP contribution is 2.43.